The van der Waals surface area contributed by atoms with E-state index in [4.69, 9.17) is 0 Å². The van der Waals surface area contributed by atoms with Crippen LogP contribution in [-0.2, 0) is 0 Å². The van der Waals surface area contributed by atoms with Crippen LogP contribution in [0, 0.1) is 5.92 Å². The Labute approximate surface area is 71.7 Å². The van der Waals surface area contributed by atoms with Gasteiger partial charge < -0.3 is 0 Å². The number of hydrogen-bond acceptors (Lipinski definition) is 0. The Balaban J connectivity index is 3.61. The lowest BCUT2D eigenvalue weighted by Crippen LogP contribution is -1.89. The Bertz CT molecular complexity index is 109. The fourth-order valence-electron chi connectivity index (χ4n) is 1.19. The van der Waals surface area contributed by atoms with Crippen LogP contribution in [0.15, 0.2) is 11.6 Å². The van der Waals surface area contributed by atoms with E-state index in [-0.39, 0.29) is 0 Å². The third-order valence-corrected chi connectivity index (χ3v) is 1.99. The summed E-state index contributed by atoms with van der Waals surface area (Å²) in [5.41, 5.74) is 1.64. The quantitative estimate of drug-likeness (QED) is 0.521. The molecule has 0 atom stereocenters. The highest BCUT2D eigenvalue weighted by Gasteiger charge is 1.96. The molecule has 0 aliphatic rings. The van der Waals surface area contributed by atoms with Crippen molar-refractivity contribution in [1.29, 1.82) is 0 Å². The fraction of sp³-hybridized carbons (Fsp3) is 0.818. The van der Waals surface area contributed by atoms with Gasteiger partial charge in [0.15, 0.2) is 0 Å². The molecule has 0 aliphatic heterocycles. The van der Waals surface area contributed by atoms with Crippen LogP contribution < -0.4 is 0 Å². The predicted octanol–water partition coefficient (Wildman–Crippen LogP) is 4.17. The van der Waals surface area contributed by atoms with E-state index < -0.39 is 0 Å². The minimum atomic E-state index is 0.849. The van der Waals surface area contributed by atoms with Gasteiger partial charge in [-0.1, -0.05) is 39.3 Å². The van der Waals surface area contributed by atoms with Gasteiger partial charge in [0.25, 0.3) is 0 Å². The highest BCUT2D eigenvalue weighted by molar-refractivity contribution is 5.00. The van der Waals surface area contributed by atoms with Crippen molar-refractivity contribution < 1.29 is 0 Å². The number of allylic oxidation sites excluding steroid dienone is 2. The van der Waals surface area contributed by atoms with Crippen molar-refractivity contribution in [3.05, 3.63) is 11.6 Å². The summed E-state index contributed by atoms with van der Waals surface area (Å²) in [5, 5.41) is 0. The summed E-state index contributed by atoms with van der Waals surface area (Å²) in [6, 6.07) is 0. The van der Waals surface area contributed by atoms with Crippen LogP contribution >= 0.6 is 0 Å². The molecule has 0 radical (unpaired) electrons. The molecule has 11 heavy (non-hydrogen) atoms. The van der Waals surface area contributed by atoms with E-state index in [9.17, 15) is 0 Å². The summed E-state index contributed by atoms with van der Waals surface area (Å²) in [7, 11) is 0. The minimum absolute atomic E-state index is 0.849. The molecule has 0 rings (SSSR count). The molecule has 66 valence electrons. The lowest BCUT2D eigenvalue weighted by Gasteiger charge is -2.06. The second-order valence-electron chi connectivity index (χ2n) is 3.56. The Morgan fingerprint density at radius 2 is 1.91 bits per heavy atom. The number of rotatable bonds is 5. The lowest BCUT2D eigenvalue weighted by atomic mass is 10.0. The van der Waals surface area contributed by atoms with Gasteiger partial charge >= 0.3 is 0 Å². The summed E-state index contributed by atoms with van der Waals surface area (Å²) in [6.45, 7) is 9.05. The van der Waals surface area contributed by atoms with Crippen LogP contribution in [-0.4, -0.2) is 0 Å². The molecule has 0 saturated carbocycles. The molecule has 0 amide bonds. The zero-order valence-corrected chi connectivity index (χ0v) is 8.48. The molecule has 0 fully saturated rings. The molecule has 0 unspecified atom stereocenters. The molecule has 0 saturated heterocycles. The van der Waals surface area contributed by atoms with Crippen LogP contribution in [0.2, 0.25) is 0 Å². The minimum Gasteiger partial charge on any atom is -0.0856 e. The van der Waals surface area contributed by atoms with Crippen molar-refractivity contribution in [2.45, 2.75) is 53.4 Å². The molecular weight excluding hydrogens is 132 g/mol. The van der Waals surface area contributed by atoms with Gasteiger partial charge in [0.2, 0.25) is 0 Å². The van der Waals surface area contributed by atoms with Crippen LogP contribution in [0.5, 0.6) is 0 Å². The van der Waals surface area contributed by atoms with E-state index in [1.54, 1.807) is 5.57 Å². The van der Waals surface area contributed by atoms with Gasteiger partial charge in [0, 0.05) is 0 Å². The molecular formula is C11H22. The maximum absolute atomic E-state index is 2.38. The van der Waals surface area contributed by atoms with Crippen LogP contribution in [0.25, 0.3) is 0 Å². The summed E-state index contributed by atoms with van der Waals surface area (Å²) in [5.74, 6) is 0.849. The van der Waals surface area contributed by atoms with Crippen molar-refractivity contribution in [2.75, 3.05) is 0 Å². The smallest absolute Gasteiger partial charge is 0.0318 e. The van der Waals surface area contributed by atoms with E-state index in [1.807, 2.05) is 0 Å². The molecule has 0 spiro atoms. The second kappa shape index (κ2) is 6.45. The Hall–Kier alpha value is -0.260. The molecule has 0 N–H and O–H groups in total. The van der Waals surface area contributed by atoms with Gasteiger partial charge in [-0.15, -0.1) is 0 Å². The Morgan fingerprint density at radius 1 is 1.27 bits per heavy atom. The van der Waals surface area contributed by atoms with Crippen LogP contribution in [0.4, 0.5) is 0 Å². The highest BCUT2D eigenvalue weighted by Crippen LogP contribution is 2.14. The average molecular weight is 154 g/mol. The van der Waals surface area contributed by atoms with Crippen molar-refractivity contribution in [2.24, 2.45) is 5.92 Å². The summed E-state index contributed by atoms with van der Waals surface area (Å²) < 4.78 is 0. The molecule has 0 aliphatic carbocycles. The standard InChI is InChI=1S/C11H22/c1-5-7-11(6-2)9-8-10(3)4/h7,10H,5-6,8-9H2,1-4H3. The molecule has 0 nitrogen and oxygen atoms in total. The molecule has 0 bridgehead atoms. The number of hydrogen-bond donors (Lipinski definition) is 0. The third-order valence-electron chi connectivity index (χ3n) is 1.99. The maximum atomic E-state index is 2.38. The normalized spacial score (nSPS) is 12.6. The average Bonchev–Trinajstić information content (AvgIpc) is 1.97. The maximum Gasteiger partial charge on any atom is -0.0318 e. The SMILES string of the molecule is CCC=C(CC)CCC(C)C. The van der Waals surface area contributed by atoms with Gasteiger partial charge in [-0.2, -0.15) is 0 Å². The summed E-state index contributed by atoms with van der Waals surface area (Å²) >= 11 is 0. The first-order valence-electron chi connectivity index (χ1n) is 4.88. The van der Waals surface area contributed by atoms with Crippen LogP contribution in [0.1, 0.15) is 53.4 Å². The Morgan fingerprint density at radius 3 is 2.27 bits per heavy atom. The topological polar surface area (TPSA) is 0 Å². The van der Waals surface area contributed by atoms with Crippen molar-refractivity contribution >= 4 is 0 Å². The van der Waals surface area contributed by atoms with Crippen molar-refractivity contribution in [3.8, 4) is 0 Å². The van der Waals surface area contributed by atoms with E-state index in [0.29, 0.717) is 0 Å². The molecule has 0 aromatic heterocycles. The van der Waals surface area contributed by atoms with Gasteiger partial charge in [-0.3, -0.25) is 0 Å². The molecule has 0 heteroatoms. The largest absolute Gasteiger partial charge is 0.0856 e. The van der Waals surface area contributed by atoms with Gasteiger partial charge in [0.1, 0.15) is 0 Å². The van der Waals surface area contributed by atoms with E-state index >= 15 is 0 Å². The van der Waals surface area contributed by atoms with Gasteiger partial charge in [-0.25, -0.2) is 0 Å². The first-order valence-corrected chi connectivity index (χ1v) is 4.88. The fourth-order valence-corrected chi connectivity index (χ4v) is 1.19. The monoisotopic (exact) mass is 154 g/mol. The van der Waals surface area contributed by atoms with E-state index in [2.05, 4.69) is 33.8 Å². The second-order valence-corrected chi connectivity index (χ2v) is 3.56. The lowest BCUT2D eigenvalue weighted by molar-refractivity contribution is 0.578. The van der Waals surface area contributed by atoms with E-state index in [1.165, 1.54) is 25.7 Å². The van der Waals surface area contributed by atoms with E-state index in [0.717, 1.165) is 5.92 Å². The predicted molar refractivity (Wildman–Crippen MR) is 52.7 cm³/mol. The van der Waals surface area contributed by atoms with Crippen molar-refractivity contribution in [3.63, 3.8) is 0 Å². The molecule has 0 aromatic rings. The molecule has 0 aromatic carbocycles. The summed E-state index contributed by atoms with van der Waals surface area (Å²) in [4.78, 5) is 0. The molecule has 0 heterocycles. The van der Waals surface area contributed by atoms with Gasteiger partial charge in [-0.05, 0) is 31.6 Å². The Kier molecular flexibility index (Phi) is 6.30. The van der Waals surface area contributed by atoms with Crippen molar-refractivity contribution in [1.82, 2.24) is 0 Å². The summed E-state index contributed by atoms with van der Waals surface area (Å²) in [6.07, 6.45) is 7.46. The third kappa shape index (κ3) is 6.15. The first-order chi connectivity index (χ1) is 5.20. The van der Waals surface area contributed by atoms with Gasteiger partial charge in [0.05, 0.1) is 0 Å². The zero-order chi connectivity index (χ0) is 8.69. The van der Waals surface area contributed by atoms with Crippen LogP contribution in [0.3, 0.4) is 0 Å². The highest BCUT2D eigenvalue weighted by atomic mass is 14.0. The first kappa shape index (κ1) is 10.7. The zero-order valence-electron chi connectivity index (χ0n) is 8.48.